The summed E-state index contributed by atoms with van der Waals surface area (Å²) in [6, 6.07) is 18.1. The number of hydrogen-bond acceptors (Lipinski definition) is 4. The Balaban J connectivity index is 1.56. The maximum atomic E-state index is 11.8. The van der Waals surface area contributed by atoms with E-state index in [1.165, 1.54) is 0 Å². The van der Waals surface area contributed by atoms with Gasteiger partial charge in [-0.15, -0.1) is 11.8 Å². The zero-order valence-corrected chi connectivity index (χ0v) is 14.3. The third kappa shape index (κ3) is 3.53. The number of nitrogens with one attached hydrogen (secondary N) is 2. The Hall–Kier alpha value is -2.73. The van der Waals surface area contributed by atoms with Gasteiger partial charge in [-0.2, -0.15) is 5.10 Å². The lowest BCUT2D eigenvalue weighted by molar-refractivity contribution is -0.113. The Labute approximate surface area is 149 Å². The molecule has 0 radical (unpaired) electrons. The molecule has 2 heterocycles. The molecule has 1 aliphatic heterocycles. The van der Waals surface area contributed by atoms with Crippen molar-refractivity contribution >= 4 is 23.5 Å². The van der Waals surface area contributed by atoms with Crippen molar-refractivity contribution in [3.63, 3.8) is 0 Å². The lowest BCUT2D eigenvalue weighted by Gasteiger charge is -2.15. The molecule has 1 atom stereocenters. The van der Waals surface area contributed by atoms with Crippen LogP contribution in [0.1, 0.15) is 21.9 Å². The van der Waals surface area contributed by atoms with Gasteiger partial charge in [-0.3, -0.25) is 9.89 Å². The molecule has 6 heteroatoms. The van der Waals surface area contributed by atoms with E-state index in [1.54, 1.807) is 18.0 Å². The van der Waals surface area contributed by atoms with Gasteiger partial charge < -0.3 is 10.1 Å². The zero-order valence-electron chi connectivity index (χ0n) is 13.4. The van der Waals surface area contributed by atoms with Crippen molar-refractivity contribution in [3.05, 3.63) is 77.5 Å². The average molecular weight is 351 g/mol. The minimum atomic E-state index is -0.0190. The average Bonchev–Trinajstić information content (AvgIpc) is 3.03. The Kier molecular flexibility index (Phi) is 4.43. The fourth-order valence-electron chi connectivity index (χ4n) is 2.80. The number of hydrogen-bond donors (Lipinski definition) is 2. The number of aromatic nitrogens is 2. The quantitative estimate of drug-likeness (QED) is 0.751. The van der Waals surface area contributed by atoms with E-state index < -0.39 is 0 Å². The Morgan fingerprint density at radius 3 is 2.92 bits per heavy atom. The van der Waals surface area contributed by atoms with Gasteiger partial charge in [0.1, 0.15) is 18.2 Å². The molecule has 1 aliphatic rings. The highest BCUT2D eigenvalue weighted by Crippen LogP contribution is 2.41. The van der Waals surface area contributed by atoms with E-state index in [1.807, 2.05) is 48.5 Å². The standard InChI is InChI=1S/C19H17N3O2S/c23-17-12-25-18(16-10-20-22-19(16)21-17)14-7-4-8-15(9-14)24-11-13-5-2-1-3-6-13/h1-10,18H,11-12H2,(H2,20,21,22,23). The third-order valence-electron chi connectivity index (χ3n) is 4.01. The minimum absolute atomic E-state index is 0.0190. The molecule has 25 heavy (non-hydrogen) atoms. The summed E-state index contributed by atoms with van der Waals surface area (Å²) < 4.78 is 5.93. The molecular formula is C19H17N3O2S. The van der Waals surface area contributed by atoms with Crippen LogP contribution in [0.15, 0.2) is 60.8 Å². The van der Waals surface area contributed by atoms with E-state index in [4.69, 9.17) is 4.74 Å². The molecule has 4 rings (SSSR count). The number of carbonyl (C=O) groups is 1. The summed E-state index contributed by atoms with van der Waals surface area (Å²) in [6.45, 7) is 0.527. The second-order valence-electron chi connectivity index (χ2n) is 5.79. The maximum Gasteiger partial charge on any atom is 0.235 e. The summed E-state index contributed by atoms with van der Waals surface area (Å²) in [4.78, 5) is 11.8. The van der Waals surface area contributed by atoms with E-state index in [2.05, 4.69) is 21.6 Å². The number of benzene rings is 2. The second-order valence-corrected chi connectivity index (χ2v) is 6.88. The number of aromatic amines is 1. The second kappa shape index (κ2) is 7.03. The zero-order chi connectivity index (χ0) is 17.1. The van der Waals surface area contributed by atoms with Crippen molar-refractivity contribution in [1.82, 2.24) is 10.2 Å². The third-order valence-corrected chi connectivity index (χ3v) is 5.29. The first kappa shape index (κ1) is 15.8. The minimum Gasteiger partial charge on any atom is -0.489 e. The molecule has 0 fully saturated rings. The van der Waals surface area contributed by atoms with Crippen molar-refractivity contribution in [2.45, 2.75) is 11.9 Å². The largest absolute Gasteiger partial charge is 0.489 e. The first-order valence-electron chi connectivity index (χ1n) is 8.01. The molecule has 126 valence electrons. The summed E-state index contributed by atoms with van der Waals surface area (Å²) in [6.07, 6.45) is 1.77. The van der Waals surface area contributed by atoms with Crippen molar-refractivity contribution in [2.24, 2.45) is 0 Å². The molecule has 0 saturated heterocycles. The Morgan fingerprint density at radius 2 is 2.04 bits per heavy atom. The lowest BCUT2D eigenvalue weighted by Crippen LogP contribution is -2.12. The van der Waals surface area contributed by atoms with Crippen molar-refractivity contribution in [3.8, 4) is 5.75 Å². The normalized spacial score (nSPS) is 16.6. The highest BCUT2D eigenvalue weighted by Gasteiger charge is 2.25. The molecule has 0 bridgehead atoms. The van der Waals surface area contributed by atoms with E-state index in [0.717, 1.165) is 22.4 Å². The molecule has 0 aliphatic carbocycles. The van der Waals surface area contributed by atoms with Crippen molar-refractivity contribution < 1.29 is 9.53 Å². The summed E-state index contributed by atoms with van der Waals surface area (Å²) in [5, 5.41) is 9.82. The predicted molar refractivity (Wildman–Crippen MR) is 98.7 cm³/mol. The first-order valence-corrected chi connectivity index (χ1v) is 9.06. The smallest absolute Gasteiger partial charge is 0.235 e. The lowest BCUT2D eigenvalue weighted by atomic mass is 10.1. The van der Waals surface area contributed by atoms with Gasteiger partial charge in [-0.05, 0) is 23.3 Å². The summed E-state index contributed by atoms with van der Waals surface area (Å²) in [5.74, 6) is 1.88. The van der Waals surface area contributed by atoms with Crippen LogP contribution in [0.2, 0.25) is 0 Å². The number of carbonyl (C=O) groups excluding carboxylic acids is 1. The van der Waals surface area contributed by atoms with Crippen LogP contribution in [0.25, 0.3) is 0 Å². The van der Waals surface area contributed by atoms with Crippen LogP contribution >= 0.6 is 11.8 Å². The molecule has 1 aromatic heterocycles. The van der Waals surface area contributed by atoms with E-state index in [-0.39, 0.29) is 11.2 Å². The van der Waals surface area contributed by atoms with Gasteiger partial charge in [-0.1, -0.05) is 42.5 Å². The molecule has 1 amide bonds. The van der Waals surface area contributed by atoms with Gasteiger partial charge in [0.05, 0.1) is 17.2 Å². The fraction of sp³-hybridized carbons (Fsp3) is 0.158. The highest BCUT2D eigenvalue weighted by atomic mass is 32.2. The number of rotatable bonds is 4. The van der Waals surface area contributed by atoms with Crippen molar-refractivity contribution in [2.75, 3.05) is 11.1 Å². The van der Waals surface area contributed by atoms with Crippen LogP contribution in [0.4, 0.5) is 5.82 Å². The molecule has 5 nitrogen and oxygen atoms in total. The van der Waals surface area contributed by atoms with Crippen LogP contribution in [0.3, 0.4) is 0 Å². The summed E-state index contributed by atoms with van der Waals surface area (Å²) in [7, 11) is 0. The van der Waals surface area contributed by atoms with Gasteiger partial charge in [0, 0.05) is 5.56 Å². The van der Waals surface area contributed by atoms with E-state index in [9.17, 15) is 4.79 Å². The molecule has 3 aromatic rings. The van der Waals surface area contributed by atoms with Gasteiger partial charge in [0.2, 0.25) is 5.91 Å². The fourth-order valence-corrected chi connectivity index (χ4v) is 3.89. The summed E-state index contributed by atoms with van der Waals surface area (Å²) >= 11 is 1.59. The molecule has 0 saturated carbocycles. The monoisotopic (exact) mass is 351 g/mol. The number of thioether (sulfide) groups is 1. The molecule has 0 spiro atoms. The van der Waals surface area contributed by atoms with Crippen LogP contribution in [0, 0.1) is 0 Å². The van der Waals surface area contributed by atoms with Gasteiger partial charge in [0.25, 0.3) is 0 Å². The molecule has 2 N–H and O–H groups in total. The van der Waals surface area contributed by atoms with Gasteiger partial charge >= 0.3 is 0 Å². The van der Waals surface area contributed by atoms with Crippen LogP contribution in [0.5, 0.6) is 5.75 Å². The Morgan fingerprint density at radius 1 is 1.16 bits per heavy atom. The van der Waals surface area contributed by atoms with Gasteiger partial charge in [0.15, 0.2) is 0 Å². The van der Waals surface area contributed by atoms with E-state index in [0.29, 0.717) is 18.2 Å². The van der Waals surface area contributed by atoms with Crippen LogP contribution in [-0.2, 0) is 11.4 Å². The highest BCUT2D eigenvalue weighted by molar-refractivity contribution is 8.00. The predicted octanol–water partition coefficient (Wildman–Crippen LogP) is 3.76. The van der Waals surface area contributed by atoms with Crippen molar-refractivity contribution in [1.29, 1.82) is 0 Å². The number of H-pyrrole nitrogens is 1. The SMILES string of the molecule is O=C1CSC(c2cccc(OCc3ccccc3)c2)c2cn[nH]c2N1. The molecule has 1 unspecified atom stereocenters. The van der Waals surface area contributed by atoms with E-state index >= 15 is 0 Å². The number of nitrogens with zero attached hydrogens (tertiary/aromatic N) is 1. The van der Waals surface area contributed by atoms with Crippen LogP contribution < -0.4 is 10.1 Å². The maximum absolute atomic E-state index is 11.8. The number of amides is 1. The molecular weight excluding hydrogens is 334 g/mol. The first-order chi connectivity index (χ1) is 12.3. The topological polar surface area (TPSA) is 67.0 Å². The van der Waals surface area contributed by atoms with Crippen LogP contribution in [-0.4, -0.2) is 21.9 Å². The van der Waals surface area contributed by atoms with Gasteiger partial charge in [-0.25, -0.2) is 0 Å². The Bertz CT molecular complexity index is 879. The summed E-state index contributed by atoms with van der Waals surface area (Å²) in [5.41, 5.74) is 3.20. The number of ether oxygens (including phenoxy) is 1. The number of anilines is 1. The number of fused-ring (bicyclic) bond motifs is 1. The molecule has 2 aromatic carbocycles.